The van der Waals surface area contributed by atoms with Crippen LogP contribution in [-0.4, -0.2) is 31.2 Å². The van der Waals surface area contributed by atoms with Crippen LogP contribution in [0.4, 0.5) is 4.39 Å². The van der Waals surface area contributed by atoms with Crippen LogP contribution in [0.25, 0.3) is 11.1 Å². The van der Waals surface area contributed by atoms with Crippen molar-refractivity contribution in [3.63, 3.8) is 0 Å². The van der Waals surface area contributed by atoms with E-state index in [4.69, 9.17) is 9.47 Å². The molecule has 0 bridgehead atoms. The third kappa shape index (κ3) is 6.16. The number of hydrogen-bond acceptors (Lipinski definition) is 6. The zero-order valence-electron chi connectivity index (χ0n) is 18.9. The molecular weight excluding hydrogens is 471 g/mol. The molecule has 7 nitrogen and oxygen atoms in total. The summed E-state index contributed by atoms with van der Waals surface area (Å²) in [5.41, 5.74) is 2.36. The first-order chi connectivity index (χ1) is 16.9. The van der Waals surface area contributed by atoms with Crippen LogP contribution in [0, 0.1) is 11.7 Å². The van der Waals surface area contributed by atoms with Gasteiger partial charge >= 0.3 is 0 Å². The minimum atomic E-state index is -3.60. The Morgan fingerprint density at radius 1 is 0.971 bits per heavy atom. The molecule has 2 saturated carbocycles. The van der Waals surface area contributed by atoms with Crippen molar-refractivity contribution in [1.82, 2.24) is 9.71 Å². The molecule has 1 aromatic heterocycles. The molecular formula is C26H25FN2O5S. The number of sulfonamides is 1. The number of rotatable bonds is 10. The van der Waals surface area contributed by atoms with Crippen LogP contribution in [0.15, 0.2) is 60.8 Å². The fourth-order valence-corrected chi connectivity index (χ4v) is 4.81. The molecule has 1 amide bonds. The van der Waals surface area contributed by atoms with Crippen molar-refractivity contribution in [1.29, 1.82) is 0 Å². The zero-order valence-corrected chi connectivity index (χ0v) is 19.8. The summed E-state index contributed by atoms with van der Waals surface area (Å²) in [6.07, 6.45) is 5.21. The first-order valence-corrected chi connectivity index (χ1v) is 13.1. The molecule has 2 fully saturated rings. The van der Waals surface area contributed by atoms with Crippen LogP contribution in [-0.2, 0) is 16.6 Å². The molecule has 1 N–H and O–H groups in total. The molecule has 0 unspecified atom stereocenters. The lowest BCUT2D eigenvalue weighted by Gasteiger charge is -2.10. The van der Waals surface area contributed by atoms with Gasteiger partial charge in [-0.1, -0.05) is 12.1 Å². The van der Waals surface area contributed by atoms with Crippen molar-refractivity contribution >= 4 is 15.9 Å². The predicted molar refractivity (Wildman–Crippen MR) is 128 cm³/mol. The van der Waals surface area contributed by atoms with Crippen LogP contribution >= 0.6 is 0 Å². The van der Waals surface area contributed by atoms with Gasteiger partial charge in [0.1, 0.15) is 18.2 Å². The summed E-state index contributed by atoms with van der Waals surface area (Å²) in [5, 5.41) is -0.468. The Hall–Kier alpha value is -3.46. The highest BCUT2D eigenvalue weighted by molar-refractivity contribution is 7.91. The molecule has 1 heterocycles. The second-order valence-electron chi connectivity index (χ2n) is 8.98. The Bertz CT molecular complexity index is 1320. The highest BCUT2D eigenvalue weighted by Crippen LogP contribution is 2.30. The number of nitrogens with one attached hydrogen (secondary N) is 1. The van der Waals surface area contributed by atoms with E-state index in [-0.39, 0.29) is 12.2 Å². The normalized spacial score (nSPS) is 15.5. The Balaban J connectivity index is 1.20. The molecule has 0 saturated heterocycles. The SMILES string of the molecule is O=C(NS(=O)(=O)C1CC1)c1ccc(COc2cc(F)cc(-c3ccc(OCC4CC4)nc3)c2)cc1. The van der Waals surface area contributed by atoms with Crippen LogP contribution in [0.3, 0.4) is 0 Å². The number of carbonyl (C=O) groups excluding carboxylic acids is 1. The number of carbonyl (C=O) groups is 1. The Kier molecular flexibility index (Phi) is 6.42. The van der Waals surface area contributed by atoms with E-state index in [0.717, 1.165) is 11.1 Å². The largest absolute Gasteiger partial charge is 0.489 e. The fourth-order valence-electron chi connectivity index (χ4n) is 3.51. The van der Waals surface area contributed by atoms with Crippen molar-refractivity contribution in [3.8, 4) is 22.8 Å². The standard InChI is InChI=1S/C26H25FN2O5S/c27-22-11-21(20-7-10-25(28-14-20)34-16-17-1-2-17)12-23(13-22)33-15-18-3-5-19(6-4-18)26(30)29-35(31,32)24-8-9-24/h3-7,10-14,17,24H,1-2,8-9,15-16H2,(H,29,30). The maximum absolute atomic E-state index is 14.3. The second kappa shape index (κ2) is 9.65. The molecule has 0 spiro atoms. The number of pyridine rings is 1. The van der Waals surface area contributed by atoms with Crippen LogP contribution in [0.5, 0.6) is 11.6 Å². The van der Waals surface area contributed by atoms with Gasteiger partial charge in [0.15, 0.2) is 0 Å². The van der Waals surface area contributed by atoms with Crippen molar-refractivity contribution in [2.45, 2.75) is 37.5 Å². The van der Waals surface area contributed by atoms with Crippen LogP contribution in [0.2, 0.25) is 0 Å². The molecule has 0 atom stereocenters. The summed E-state index contributed by atoms with van der Waals surface area (Å²) in [5.74, 6) is 0.450. The predicted octanol–water partition coefficient (Wildman–Crippen LogP) is 4.48. The number of benzene rings is 2. The zero-order chi connectivity index (χ0) is 24.4. The number of ether oxygens (including phenoxy) is 2. The van der Waals surface area contributed by atoms with Gasteiger partial charge in [-0.3, -0.25) is 4.79 Å². The number of amides is 1. The van der Waals surface area contributed by atoms with E-state index in [0.29, 0.717) is 42.6 Å². The summed E-state index contributed by atoms with van der Waals surface area (Å²) in [7, 11) is -3.60. The minimum absolute atomic E-state index is 0.150. The van der Waals surface area contributed by atoms with E-state index in [2.05, 4.69) is 9.71 Å². The van der Waals surface area contributed by atoms with Gasteiger partial charge in [-0.05, 0) is 73.1 Å². The van der Waals surface area contributed by atoms with E-state index >= 15 is 0 Å². The van der Waals surface area contributed by atoms with Crippen LogP contribution < -0.4 is 14.2 Å². The van der Waals surface area contributed by atoms with E-state index in [9.17, 15) is 17.6 Å². The lowest BCUT2D eigenvalue weighted by atomic mass is 10.1. The van der Waals surface area contributed by atoms with Gasteiger partial charge in [0, 0.05) is 29.5 Å². The highest BCUT2D eigenvalue weighted by Gasteiger charge is 2.36. The van der Waals surface area contributed by atoms with Crippen molar-refractivity contribution in [2.75, 3.05) is 6.61 Å². The molecule has 182 valence electrons. The number of halogens is 1. The van der Waals surface area contributed by atoms with E-state index in [1.54, 1.807) is 30.5 Å². The van der Waals surface area contributed by atoms with Gasteiger partial charge < -0.3 is 9.47 Å². The first kappa shape index (κ1) is 23.3. The monoisotopic (exact) mass is 496 g/mol. The maximum atomic E-state index is 14.3. The lowest BCUT2D eigenvalue weighted by Crippen LogP contribution is -2.33. The molecule has 3 aromatic rings. The van der Waals surface area contributed by atoms with E-state index < -0.39 is 27.0 Å². The Morgan fingerprint density at radius 3 is 2.40 bits per heavy atom. The lowest BCUT2D eigenvalue weighted by molar-refractivity contribution is 0.0981. The summed E-state index contributed by atoms with van der Waals surface area (Å²) < 4.78 is 51.7. The fraction of sp³-hybridized carbons (Fsp3) is 0.308. The average Bonchev–Trinajstić information content (AvgIpc) is 3.75. The number of hydrogen-bond donors (Lipinski definition) is 1. The Morgan fingerprint density at radius 2 is 1.74 bits per heavy atom. The average molecular weight is 497 g/mol. The summed E-state index contributed by atoms with van der Waals surface area (Å²) in [6.45, 7) is 0.826. The number of nitrogens with zero attached hydrogens (tertiary/aromatic N) is 1. The third-order valence-electron chi connectivity index (χ3n) is 5.92. The quantitative estimate of drug-likeness (QED) is 0.445. The van der Waals surface area contributed by atoms with E-state index in [1.807, 2.05) is 6.07 Å². The molecule has 5 rings (SSSR count). The first-order valence-electron chi connectivity index (χ1n) is 11.5. The van der Waals surface area contributed by atoms with Gasteiger partial charge in [0.2, 0.25) is 15.9 Å². The van der Waals surface area contributed by atoms with Crippen molar-refractivity contribution < 1.29 is 27.1 Å². The highest BCUT2D eigenvalue weighted by atomic mass is 32.2. The molecule has 9 heteroatoms. The van der Waals surface area contributed by atoms with Crippen LogP contribution in [0.1, 0.15) is 41.6 Å². The Labute approximate surface area is 203 Å². The maximum Gasteiger partial charge on any atom is 0.264 e. The molecule has 35 heavy (non-hydrogen) atoms. The molecule has 0 aliphatic heterocycles. The molecule has 2 aliphatic rings. The van der Waals surface area contributed by atoms with Crippen molar-refractivity contribution in [3.05, 3.63) is 77.7 Å². The molecule has 2 aromatic carbocycles. The minimum Gasteiger partial charge on any atom is -0.489 e. The van der Waals surface area contributed by atoms with Gasteiger partial charge in [0.05, 0.1) is 11.9 Å². The van der Waals surface area contributed by atoms with Gasteiger partial charge in [-0.15, -0.1) is 0 Å². The third-order valence-corrected chi connectivity index (χ3v) is 7.74. The van der Waals surface area contributed by atoms with Gasteiger partial charge in [-0.2, -0.15) is 0 Å². The smallest absolute Gasteiger partial charge is 0.264 e. The summed E-state index contributed by atoms with van der Waals surface area (Å²) >= 11 is 0. The summed E-state index contributed by atoms with van der Waals surface area (Å²) in [6, 6.07) is 14.5. The summed E-state index contributed by atoms with van der Waals surface area (Å²) in [4.78, 5) is 16.5. The molecule has 2 aliphatic carbocycles. The second-order valence-corrected chi connectivity index (χ2v) is 10.9. The molecule has 0 radical (unpaired) electrons. The van der Waals surface area contributed by atoms with Gasteiger partial charge in [-0.25, -0.2) is 22.5 Å². The topological polar surface area (TPSA) is 94.6 Å². The number of aromatic nitrogens is 1. The van der Waals surface area contributed by atoms with E-state index in [1.165, 1.54) is 37.1 Å². The van der Waals surface area contributed by atoms with Gasteiger partial charge in [0.25, 0.3) is 5.91 Å². The van der Waals surface area contributed by atoms with Crippen molar-refractivity contribution in [2.24, 2.45) is 5.92 Å².